The number of rotatable bonds is 4. The van der Waals surface area contributed by atoms with Crippen LogP contribution in [0.15, 0.2) is 36.7 Å². The third-order valence-electron chi connectivity index (χ3n) is 2.38. The Hall–Kier alpha value is -2.14. The number of pyridine rings is 1. The number of nitrogens with zero attached hydrogens (tertiary/aromatic N) is 1. The quantitative estimate of drug-likeness (QED) is 0.935. The van der Waals surface area contributed by atoms with Crippen molar-refractivity contribution in [1.29, 1.82) is 0 Å². The molecule has 0 saturated heterocycles. The third kappa shape index (κ3) is 3.42. The molecule has 0 aliphatic rings. The van der Waals surface area contributed by atoms with Gasteiger partial charge in [0.05, 0.1) is 16.8 Å². The summed E-state index contributed by atoms with van der Waals surface area (Å²) >= 11 is 5.74. The molecule has 1 N–H and O–H groups in total. The average Bonchev–Trinajstić information content (AvgIpc) is 2.37. The van der Waals surface area contributed by atoms with Gasteiger partial charge in [0.1, 0.15) is 18.2 Å². The number of ether oxygens (including phenoxy) is 1. The van der Waals surface area contributed by atoms with E-state index in [9.17, 15) is 9.18 Å². The largest absolute Gasteiger partial charge is 0.487 e. The van der Waals surface area contributed by atoms with Crippen molar-refractivity contribution in [3.05, 3.63) is 58.6 Å². The van der Waals surface area contributed by atoms with Gasteiger partial charge in [-0.2, -0.15) is 0 Å². The molecule has 0 saturated carbocycles. The maximum Gasteiger partial charge on any atom is 0.336 e. The van der Waals surface area contributed by atoms with Crippen LogP contribution < -0.4 is 4.74 Å². The SMILES string of the molecule is O=C(O)c1cc(F)ccc1COc1cncc(Cl)c1. The minimum atomic E-state index is -1.21. The molecule has 0 aliphatic heterocycles. The van der Waals surface area contributed by atoms with E-state index in [1.54, 1.807) is 6.07 Å². The molecule has 0 atom stereocenters. The van der Waals surface area contributed by atoms with E-state index in [1.807, 2.05) is 0 Å². The lowest BCUT2D eigenvalue weighted by Crippen LogP contribution is -2.06. The zero-order valence-electron chi connectivity index (χ0n) is 9.64. The molecule has 1 aromatic carbocycles. The van der Waals surface area contributed by atoms with Crippen LogP contribution in [0.5, 0.6) is 5.75 Å². The first kappa shape index (κ1) is 13.3. The van der Waals surface area contributed by atoms with E-state index in [-0.39, 0.29) is 12.2 Å². The van der Waals surface area contributed by atoms with Crippen molar-refractivity contribution in [2.45, 2.75) is 6.61 Å². The van der Waals surface area contributed by atoms with Crippen molar-refractivity contribution in [1.82, 2.24) is 4.98 Å². The van der Waals surface area contributed by atoms with Gasteiger partial charge in [0, 0.05) is 17.8 Å². The zero-order valence-corrected chi connectivity index (χ0v) is 10.4. The Kier molecular flexibility index (Phi) is 3.97. The number of aromatic nitrogens is 1. The van der Waals surface area contributed by atoms with Gasteiger partial charge in [0.2, 0.25) is 0 Å². The first-order chi connectivity index (χ1) is 9.06. The van der Waals surface area contributed by atoms with E-state index >= 15 is 0 Å². The summed E-state index contributed by atoms with van der Waals surface area (Å²) in [6, 6.07) is 5.06. The molecule has 0 unspecified atom stereocenters. The molecule has 19 heavy (non-hydrogen) atoms. The van der Waals surface area contributed by atoms with E-state index in [2.05, 4.69) is 4.98 Å². The average molecular weight is 282 g/mol. The Morgan fingerprint density at radius 1 is 1.37 bits per heavy atom. The molecule has 0 fully saturated rings. The minimum Gasteiger partial charge on any atom is -0.487 e. The molecule has 0 spiro atoms. The van der Waals surface area contributed by atoms with Crippen LogP contribution in [-0.2, 0) is 6.61 Å². The van der Waals surface area contributed by atoms with E-state index in [4.69, 9.17) is 21.4 Å². The second kappa shape index (κ2) is 5.67. The van der Waals surface area contributed by atoms with Crippen LogP contribution in [0.2, 0.25) is 5.02 Å². The highest BCUT2D eigenvalue weighted by atomic mass is 35.5. The molecule has 0 amide bonds. The van der Waals surface area contributed by atoms with E-state index < -0.39 is 11.8 Å². The van der Waals surface area contributed by atoms with Crippen LogP contribution in [0.3, 0.4) is 0 Å². The molecule has 98 valence electrons. The molecule has 0 radical (unpaired) electrons. The van der Waals surface area contributed by atoms with Gasteiger partial charge in [-0.05, 0) is 12.1 Å². The van der Waals surface area contributed by atoms with Crippen LogP contribution in [0.4, 0.5) is 4.39 Å². The number of aromatic carboxylic acids is 1. The van der Waals surface area contributed by atoms with Gasteiger partial charge < -0.3 is 9.84 Å². The Labute approximate surface area is 113 Å². The number of halogens is 2. The first-order valence-corrected chi connectivity index (χ1v) is 5.69. The van der Waals surface area contributed by atoms with Crippen LogP contribution in [-0.4, -0.2) is 16.1 Å². The van der Waals surface area contributed by atoms with Crippen molar-refractivity contribution in [2.24, 2.45) is 0 Å². The van der Waals surface area contributed by atoms with E-state index in [0.29, 0.717) is 16.3 Å². The summed E-state index contributed by atoms with van der Waals surface area (Å²) in [6.45, 7) is -0.00998. The number of carboxylic acid groups (broad SMARTS) is 1. The lowest BCUT2D eigenvalue weighted by Gasteiger charge is -2.08. The number of hydrogen-bond acceptors (Lipinski definition) is 3. The second-order valence-corrected chi connectivity index (χ2v) is 4.17. The van der Waals surface area contributed by atoms with Crippen molar-refractivity contribution >= 4 is 17.6 Å². The van der Waals surface area contributed by atoms with Gasteiger partial charge in [0.25, 0.3) is 0 Å². The Bertz CT molecular complexity index is 619. The summed E-state index contributed by atoms with van der Waals surface area (Å²) in [7, 11) is 0. The molecule has 4 nitrogen and oxygen atoms in total. The minimum absolute atomic E-state index is 0.00998. The van der Waals surface area contributed by atoms with Gasteiger partial charge >= 0.3 is 5.97 Å². The van der Waals surface area contributed by atoms with Crippen LogP contribution in [0.1, 0.15) is 15.9 Å². The normalized spacial score (nSPS) is 10.2. The van der Waals surface area contributed by atoms with Crippen LogP contribution in [0.25, 0.3) is 0 Å². The van der Waals surface area contributed by atoms with E-state index in [1.165, 1.54) is 24.5 Å². The summed E-state index contributed by atoms with van der Waals surface area (Å²) in [6.07, 6.45) is 2.91. The highest BCUT2D eigenvalue weighted by Crippen LogP contribution is 2.18. The first-order valence-electron chi connectivity index (χ1n) is 5.31. The highest BCUT2D eigenvalue weighted by molar-refractivity contribution is 6.30. The molecular formula is C13H9ClFNO3. The van der Waals surface area contributed by atoms with Crippen LogP contribution in [0, 0.1) is 5.82 Å². The number of carboxylic acids is 1. The number of carbonyl (C=O) groups is 1. The van der Waals surface area contributed by atoms with Crippen LogP contribution >= 0.6 is 11.6 Å². The molecule has 0 bridgehead atoms. The summed E-state index contributed by atoms with van der Waals surface area (Å²) < 4.78 is 18.4. The van der Waals surface area contributed by atoms with Crippen molar-refractivity contribution in [2.75, 3.05) is 0 Å². The standard InChI is InChI=1S/C13H9ClFNO3/c14-9-3-11(6-16-5-9)19-7-8-1-2-10(15)4-12(8)13(17)18/h1-6H,7H2,(H,17,18). The summed E-state index contributed by atoms with van der Waals surface area (Å²) in [5.41, 5.74) is 0.240. The molecule has 2 aromatic rings. The fourth-order valence-corrected chi connectivity index (χ4v) is 1.67. The smallest absolute Gasteiger partial charge is 0.336 e. The summed E-state index contributed by atoms with van der Waals surface area (Å²) in [4.78, 5) is 14.8. The fourth-order valence-electron chi connectivity index (χ4n) is 1.51. The van der Waals surface area contributed by atoms with Gasteiger partial charge in [-0.3, -0.25) is 4.98 Å². The Morgan fingerprint density at radius 3 is 2.84 bits per heavy atom. The monoisotopic (exact) mass is 281 g/mol. The number of hydrogen-bond donors (Lipinski definition) is 1. The maximum absolute atomic E-state index is 13.0. The Balaban J connectivity index is 2.17. The zero-order chi connectivity index (χ0) is 13.8. The maximum atomic E-state index is 13.0. The fraction of sp³-hybridized carbons (Fsp3) is 0.0769. The summed E-state index contributed by atoms with van der Waals surface area (Å²) in [5, 5.41) is 9.39. The predicted octanol–water partition coefficient (Wildman–Crippen LogP) is 3.15. The topological polar surface area (TPSA) is 59.4 Å². The van der Waals surface area contributed by atoms with Gasteiger partial charge in [0.15, 0.2) is 0 Å². The van der Waals surface area contributed by atoms with Gasteiger partial charge in [-0.25, -0.2) is 9.18 Å². The van der Waals surface area contributed by atoms with Crippen molar-refractivity contribution in [3.63, 3.8) is 0 Å². The van der Waals surface area contributed by atoms with Gasteiger partial charge in [-0.1, -0.05) is 17.7 Å². The van der Waals surface area contributed by atoms with Gasteiger partial charge in [-0.15, -0.1) is 0 Å². The van der Waals surface area contributed by atoms with E-state index in [0.717, 1.165) is 6.07 Å². The molecule has 2 rings (SSSR count). The third-order valence-corrected chi connectivity index (χ3v) is 2.58. The molecule has 6 heteroatoms. The lowest BCUT2D eigenvalue weighted by molar-refractivity contribution is 0.0693. The highest BCUT2D eigenvalue weighted by Gasteiger charge is 2.11. The van der Waals surface area contributed by atoms with Crippen molar-refractivity contribution in [3.8, 4) is 5.75 Å². The lowest BCUT2D eigenvalue weighted by atomic mass is 10.1. The molecule has 1 aromatic heterocycles. The predicted molar refractivity (Wildman–Crippen MR) is 66.9 cm³/mol. The molecule has 0 aliphatic carbocycles. The second-order valence-electron chi connectivity index (χ2n) is 3.73. The molecule has 1 heterocycles. The number of benzene rings is 1. The summed E-state index contributed by atoms with van der Waals surface area (Å²) in [5.74, 6) is -1.40. The molecular weight excluding hydrogens is 273 g/mol. The van der Waals surface area contributed by atoms with Crippen molar-refractivity contribution < 1.29 is 19.0 Å². The Morgan fingerprint density at radius 2 is 2.16 bits per heavy atom.